The van der Waals surface area contributed by atoms with Crippen LogP contribution in [0.2, 0.25) is 0 Å². The molecule has 1 aliphatic rings. The summed E-state index contributed by atoms with van der Waals surface area (Å²) in [6.07, 6.45) is 5.40. The molecule has 0 spiro atoms. The number of rotatable bonds is 8. The second-order valence-corrected chi connectivity index (χ2v) is 7.83. The van der Waals surface area contributed by atoms with Crippen molar-refractivity contribution in [1.29, 1.82) is 0 Å². The van der Waals surface area contributed by atoms with Crippen LogP contribution in [0.1, 0.15) is 60.0 Å². The SMILES string of the molecule is CO[C@]1(c2ccc(C)cc2)CC[C@H](NCCCC(=O)c2ccc(F)cc2)CC1.Cl. The highest BCUT2D eigenvalue weighted by atomic mass is 35.5. The van der Waals surface area contributed by atoms with E-state index in [2.05, 4.69) is 36.5 Å². The molecule has 0 saturated heterocycles. The lowest BCUT2D eigenvalue weighted by Gasteiger charge is -2.40. The van der Waals surface area contributed by atoms with Crippen LogP contribution in [0.15, 0.2) is 48.5 Å². The number of Topliss-reactive ketones (excluding diaryl/α,β-unsaturated/α-hetero) is 1. The highest BCUT2D eigenvalue weighted by molar-refractivity contribution is 5.95. The summed E-state index contributed by atoms with van der Waals surface area (Å²) >= 11 is 0. The van der Waals surface area contributed by atoms with Crippen LogP contribution in [-0.2, 0) is 10.3 Å². The van der Waals surface area contributed by atoms with Gasteiger partial charge in [-0.05, 0) is 75.4 Å². The standard InChI is InChI=1S/C24H30FNO2.ClH/c1-18-5-9-20(10-6-18)24(28-2)15-13-22(14-16-24)26-17-3-4-23(27)19-7-11-21(25)12-8-19;/h5-12,22,26H,3-4,13-17H2,1-2H3;1H/t22-,24+;. The molecule has 2 aromatic carbocycles. The van der Waals surface area contributed by atoms with Gasteiger partial charge >= 0.3 is 0 Å². The van der Waals surface area contributed by atoms with Gasteiger partial charge < -0.3 is 10.1 Å². The third-order valence-corrected chi connectivity index (χ3v) is 5.94. The lowest BCUT2D eigenvalue weighted by Crippen LogP contribution is -2.41. The molecule has 0 unspecified atom stereocenters. The number of hydrogen-bond acceptors (Lipinski definition) is 3. The van der Waals surface area contributed by atoms with Crippen LogP contribution in [0.4, 0.5) is 4.39 Å². The van der Waals surface area contributed by atoms with Crippen molar-refractivity contribution in [2.45, 2.75) is 57.1 Å². The first-order valence-corrected chi connectivity index (χ1v) is 10.2. The minimum absolute atomic E-state index is 0. The topological polar surface area (TPSA) is 38.3 Å². The van der Waals surface area contributed by atoms with E-state index in [4.69, 9.17) is 4.74 Å². The van der Waals surface area contributed by atoms with Crippen molar-refractivity contribution >= 4 is 18.2 Å². The molecule has 3 rings (SSSR count). The molecule has 2 aromatic rings. The molecular formula is C24H31ClFNO2. The molecule has 0 aromatic heterocycles. The zero-order chi connectivity index (χ0) is 20.0. The summed E-state index contributed by atoms with van der Waals surface area (Å²) < 4.78 is 18.9. The molecule has 0 bridgehead atoms. The number of ketones is 1. The van der Waals surface area contributed by atoms with E-state index in [0.29, 0.717) is 18.0 Å². The van der Waals surface area contributed by atoms with Crippen LogP contribution in [0, 0.1) is 12.7 Å². The zero-order valence-electron chi connectivity index (χ0n) is 17.2. The smallest absolute Gasteiger partial charge is 0.162 e. The molecule has 158 valence electrons. The van der Waals surface area contributed by atoms with Crippen LogP contribution >= 0.6 is 12.4 Å². The number of benzene rings is 2. The van der Waals surface area contributed by atoms with E-state index in [-0.39, 0.29) is 29.6 Å². The second-order valence-electron chi connectivity index (χ2n) is 7.83. The molecular weight excluding hydrogens is 389 g/mol. The van der Waals surface area contributed by atoms with Crippen molar-refractivity contribution in [2.24, 2.45) is 0 Å². The minimum atomic E-state index is -0.312. The lowest BCUT2D eigenvalue weighted by molar-refractivity contribution is -0.0500. The number of carbonyl (C=O) groups is 1. The Morgan fingerprint density at radius 2 is 1.72 bits per heavy atom. The van der Waals surface area contributed by atoms with Crippen LogP contribution in [-0.4, -0.2) is 25.5 Å². The lowest BCUT2D eigenvalue weighted by atomic mass is 9.77. The summed E-state index contributed by atoms with van der Waals surface area (Å²) in [5.74, 6) is -0.239. The molecule has 0 heterocycles. The Morgan fingerprint density at radius 1 is 1.10 bits per heavy atom. The number of halogens is 2. The third kappa shape index (κ3) is 6.11. The average Bonchev–Trinajstić information content (AvgIpc) is 2.72. The Kier molecular flexibility index (Phi) is 8.81. The molecule has 1 aliphatic carbocycles. The highest BCUT2D eigenvalue weighted by Crippen LogP contribution is 2.40. The van der Waals surface area contributed by atoms with Gasteiger partial charge in [0.05, 0.1) is 5.60 Å². The van der Waals surface area contributed by atoms with Crippen molar-refractivity contribution in [3.8, 4) is 0 Å². The Bertz CT molecular complexity index is 768. The van der Waals surface area contributed by atoms with E-state index < -0.39 is 0 Å². The Morgan fingerprint density at radius 3 is 2.31 bits per heavy atom. The number of carbonyl (C=O) groups excluding carboxylic acids is 1. The monoisotopic (exact) mass is 419 g/mol. The first kappa shape index (κ1) is 23.5. The van der Waals surface area contributed by atoms with E-state index in [9.17, 15) is 9.18 Å². The predicted octanol–water partition coefficient (Wildman–Crippen LogP) is 5.59. The van der Waals surface area contributed by atoms with Gasteiger partial charge in [-0.15, -0.1) is 12.4 Å². The third-order valence-electron chi connectivity index (χ3n) is 5.94. The fourth-order valence-corrected chi connectivity index (χ4v) is 4.09. The molecule has 0 atom stereocenters. The van der Waals surface area contributed by atoms with Crippen molar-refractivity contribution in [1.82, 2.24) is 5.32 Å². The van der Waals surface area contributed by atoms with Crippen molar-refractivity contribution in [2.75, 3.05) is 13.7 Å². The van der Waals surface area contributed by atoms with Crippen LogP contribution in [0.3, 0.4) is 0 Å². The van der Waals surface area contributed by atoms with Gasteiger partial charge in [-0.3, -0.25) is 4.79 Å². The molecule has 29 heavy (non-hydrogen) atoms. The average molecular weight is 420 g/mol. The summed E-state index contributed by atoms with van der Waals surface area (Å²) in [6, 6.07) is 14.9. The Balaban J connectivity index is 0.00000300. The van der Waals surface area contributed by atoms with Gasteiger partial charge in [0.1, 0.15) is 5.82 Å². The predicted molar refractivity (Wildman–Crippen MR) is 117 cm³/mol. The highest BCUT2D eigenvalue weighted by Gasteiger charge is 2.36. The summed E-state index contributed by atoms with van der Waals surface area (Å²) in [5.41, 5.74) is 2.94. The van der Waals surface area contributed by atoms with Gasteiger partial charge in [0, 0.05) is 25.1 Å². The van der Waals surface area contributed by atoms with Crippen molar-refractivity contribution in [3.05, 3.63) is 71.0 Å². The van der Waals surface area contributed by atoms with E-state index in [1.807, 2.05) is 7.11 Å². The summed E-state index contributed by atoms with van der Waals surface area (Å²) in [4.78, 5) is 12.1. The van der Waals surface area contributed by atoms with Crippen molar-refractivity contribution < 1.29 is 13.9 Å². The van der Waals surface area contributed by atoms with Crippen LogP contribution in [0.25, 0.3) is 0 Å². The molecule has 5 heteroatoms. The van der Waals surface area contributed by atoms with Crippen LogP contribution in [0.5, 0.6) is 0 Å². The first-order chi connectivity index (χ1) is 13.5. The Labute approximate surface area is 179 Å². The second kappa shape index (κ2) is 10.9. The molecule has 0 amide bonds. The number of nitrogens with one attached hydrogen (secondary N) is 1. The molecule has 1 N–H and O–H groups in total. The quantitative estimate of drug-likeness (QED) is 0.447. The Hall–Kier alpha value is -1.75. The molecule has 1 saturated carbocycles. The van der Waals surface area contributed by atoms with E-state index in [1.165, 1.54) is 23.3 Å². The van der Waals surface area contributed by atoms with Gasteiger partial charge in [0.2, 0.25) is 0 Å². The van der Waals surface area contributed by atoms with E-state index in [0.717, 1.165) is 38.6 Å². The largest absolute Gasteiger partial charge is 0.374 e. The fourth-order valence-electron chi connectivity index (χ4n) is 4.09. The maximum atomic E-state index is 12.9. The minimum Gasteiger partial charge on any atom is -0.374 e. The molecule has 1 fully saturated rings. The van der Waals surface area contributed by atoms with Gasteiger partial charge in [0.15, 0.2) is 5.78 Å². The number of methoxy groups -OCH3 is 1. The number of aryl methyl sites for hydroxylation is 1. The molecule has 0 radical (unpaired) electrons. The fraction of sp³-hybridized carbons (Fsp3) is 0.458. The summed E-state index contributed by atoms with van der Waals surface area (Å²) in [6.45, 7) is 2.92. The van der Waals surface area contributed by atoms with Gasteiger partial charge in [-0.2, -0.15) is 0 Å². The molecule has 3 nitrogen and oxygen atoms in total. The number of ether oxygens (including phenoxy) is 1. The van der Waals surface area contributed by atoms with E-state index in [1.54, 1.807) is 12.1 Å². The van der Waals surface area contributed by atoms with Gasteiger partial charge in [-0.1, -0.05) is 29.8 Å². The maximum absolute atomic E-state index is 12.9. The normalized spacial score (nSPS) is 21.4. The summed E-state index contributed by atoms with van der Waals surface area (Å²) in [7, 11) is 1.81. The summed E-state index contributed by atoms with van der Waals surface area (Å²) in [5, 5.41) is 3.59. The van der Waals surface area contributed by atoms with E-state index >= 15 is 0 Å². The van der Waals surface area contributed by atoms with Gasteiger partial charge in [0.25, 0.3) is 0 Å². The van der Waals surface area contributed by atoms with Crippen LogP contribution < -0.4 is 5.32 Å². The molecule has 0 aliphatic heterocycles. The first-order valence-electron chi connectivity index (χ1n) is 10.2. The number of hydrogen-bond donors (Lipinski definition) is 1. The maximum Gasteiger partial charge on any atom is 0.162 e. The van der Waals surface area contributed by atoms with Crippen molar-refractivity contribution in [3.63, 3.8) is 0 Å². The van der Waals surface area contributed by atoms with Gasteiger partial charge in [-0.25, -0.2) is 4.39 Å². The zero-order valence-corrected chi connectivity index (χ0v) is 18.1.